The summed E-state index contributed by atoms with van der Waals surface area (Å²) in [6.07, 6.45) is -0.558. The number of benzene rings is 1. The molecule has 0 fully saturated rings. The fourth-order valence-electron chi connectivity index (χ4n) is 1.92. The van der Waals surface area contributed by atoms with Crippen molar-refractivity contribution in [2.45, 2.75) is 26.9 Å². The second-order valence-electron chi connectivity index (χ2n) is 5.22. The first-order chi connectivity index (χ1) is 9.40. The molecule has 2 rings (SSSR count). The van der Waals surface area contributed by atoms with E-state index in [2.05, 4.69) is 21.2 Å². The van der Waals surface area contributed by atoms with E-state index in [0.29, 0.717) is 11.3 Å². The predicted octanol–water partition coefficient (Wildman–Crippen LogP) is 3.25. The summed E-state index contributed by atoms with van der Waals surface area (Å²) in [6.45, 7) is 5.88. The van der Waals surface area contributed by atoms with Crippen LogP contribution in [0, 0.1) is 12.8 Å². The van der Waals surface area contributed by atoms with Gasteiger partial charge in [0.1, 0.15) is 5.58 Å². The largest absolute Gasteiger partial charge is 0.451 e. The Morgan fingerprint density at radius 3 is 2.80 bits per heavy atom. The molecule has 0 aliphatic rings. The molecular weight excluding hydrogens is 322 g/mol. The number of furan rings is 1. The number of fused-ring (bicyclic) bond motifs is 1. The van der Waals surface area contributed by atoms with Crippen molar-refractivity contribution < 1.29 is 14.3 Å². The molecule has 0 saturated heterocycles. The van der Waals surface area contributed by atoms with Gasteiger partial charge >= 0.3 is 0 Å². The zero-order chi connectivity index (χ0) is 14.9. The normalized spacial score (nSPS) is 12.9. The van der Waals surface area contributed by atoms with Gasteiger partial charge in [0.05, 0.1) is 6.10 Å². The Labute approximate surface area is 126 Å². The highest BCUT2D eigenvalue weighted by atomic mass is 79.9. The minimum absolute atomic E-state index is 0.100. The Kier molecular flexibility index (Phi) is 4.50. The van der Waals surface area contributed by atoms with Crippen molar-refractivity contribution in [1.29, 1.82) is 0 Å². The average molecular weight is 340 g/mol. The molecule has 0 bridgehead atoms. The summed E-state index contributed by atoms with van der Waals surface area (Å²) in [5, 5.41) is 13.3. The van der Waals surface area contributed by atoms with E-state index in [1.807, 2.05) is 39.0 Å². The molecule has 0 saturated carbocycles. The number of halogens is 1. The lowest BCUT2D eigenvalue weighted by molar-refractivity contribution is 0.0848. The fraction of sp³-hybridized carbons (Fsp3) is 0.400. The van der Waals surface area contributed by atoms with Crippen LogP contribution in [-0.4, -0.2) is 23.7 Å². The van der Waals surface area contributed by atoms with Crippen LogP contribution in [0.3, 0.4) is 0 Å². The zero-order valence-electron chi connectivity index (χ0n) is 11.7. The van der Waals surface area contributed by atoms with Crippen LogP contribution in [0.2, 0.25) is 0 Å². The molecule has 2 aromatic rings. The van der Waals surface area contributed by atoms with Gasteiger partial charge in [0.25, 0.3) is 5.91 Å². The lowest BCUT2D eigenvalue weighted by atomic mass is 10.1. The van der Waals surface area contributed by atoms with Crippen molar-refractivity contribution in [2.75, 3.05) is 6.54 Å². The zero-order valence-corrected chi connectivity index (χ0v) is 13.3. The first kappa shape index (κ1) is 15.1. The van der Waals surface area contributed by atoms with Gasteiger partial charge in [-0.15, -0.1) is 0 Å². The number of hydrogen-bond donors (Lipinski definition) is 2. The lowest BCUT2D eigenvalue weighted by Gasteiger charge is -2.14. The van der Waals surface area contributed by atoms with Crippen LogP contribution in [0.4, 0.5) is 0 Å². The van der Waals surface area contributed by atoms with E-state index in [4.69, 9.17) is 4.42 Å². The predicted molar refractivity (Wildman–Crippen MR) is 81.8 cm³/mol. The van der Waals surface area contributed by atoms with Crippen LogP contribution in [0.1, 0.15) is 30.0 Å². The third-order valence-corrected chi connectivity index (χ3v) is 3.84. The van der Waals surface area contributed by atoms with Crippen LogP contribution in [-0.2, 0) is 0 Å². The summed E-state index contributed by atoms with van der Waals surface area (Å²) in [4.78, 5) is 12.1. The molecule has 1 amide bonds. The lowest BCUT2D eigenvalue weighted by Crippen LogP contribution is -2.34. The van der Waals surface area contributed by atoms with Crippen LogP contribution in [0.5, 0.6) is 0 Å². The van der Waals surface area contributed by atoms with Crippen LogP contribution in [0.25, 0.3) is 11.0 Å². The maximum absolute atomic E-state index is 12.1. The smallest absolute Gasteiger partial charge is 0.287 e. The number of nitrogens with one attached hydrogen (secondary N) is 1. The van der Waals surface area contributed by atoms with Gasteiger partial charge in [-0.25, -0.2) is 0 Å². The van der Waals surface area contributed by atoms with Gasteiger partial charge in [-0.05, 0) is 31.0 Å². The van der Waals surface area contributed by atoms with Crippen LogP contribution in [0.15, 0.2) is 27.1 Å². The van der Waals surface area contributed by atoms with Gasteiger partial charge in [-0.2, -0.15) is 0 Å². The molecule has 0 radical (unpaired) electrons. The van der Waals surface area contributed by atoms with Crippen molar-refractivity contribution in [2.24, 2.45) is 5.92 Å². The van der Waals surface area contributed by atoms with Gasteiger partial charge in [-0.3, -0.25) is 4.79 Å². The van der Waals surface area contributed by atoms with Crippen molar-refractivity contribution in [3.8, 4) is 0 Å². The third kappa shape index (κ3) is 3.04. The first-order valence-electron chi connectivity index (χ1n) is 6.55. The average Bonchev–Trinajstić information content (AvgIpc) is 2.73. The van der Waals surface area contributed by atoms with Crippen molar-refractivity contribution in [3.05, 3.63) is 34.0 Å². The van der Waals surface area contributed by atoms with Gasteiger partial charge < -0.3 is 14.8 Å². The van der Waals surface area contributed by atoms with E-state index in [9.17, 15) is 9.90 Å². The molecule has 20 heavy (non-hydrogen) atoms. The maximum atomic E-state index is 12.1. The second-order valence-corrected chi connectivity index (χ2v) is 6.13. The van der Waals surface area contributed by atoms with Gasteiger partial charge in [0, 0.05) is 22.0 Å². The standard InChI is InChI=1S/C15H18BrNO3/c1-8(2)12(18)7-17-15(19)14-9(3)11-6-10(16)4-5-13(11)20-14/h4-6,8,12,18H,7H2,1-3H3,(H,17,19). The Morgan fingerprint density at radius 2 is 2.15 bits per heavy atom. The molecule has 1 heterocycles. The number of amides is 1. The molecule has 1 aromatic heterocycles. The molecule has 2 N–H and O–H groups in total. The van der Waals surface area contributed by atoms with Gasteiger partial charge in [0.2, 0.25) is 0 Å². The topological polar surface area (TPSA) is 62.5 Å². The number of aliphatic hydroxyl groups is 1. The molecule has 0 spiro atoms. The molecule has 4 nitrogen and oxygen atoms in total. The first-order valence-corrected chi connectivity index (χ1v) is 7.34. The Bertz CT molecular complexity index is 633. The van der Waals surface area contributed by atoms with Crippen molar-refractivity contribution in [1.82, 2.24) is 5.32 Å². The molecule has 0 aliphatic carbocycles. The molecule has 0 aliphatic heterocycles. The Balaban J connectivity index is 2.20. The summed E-state index contributed by atoms with van der Waals surface area (Å²) in [5.41, 5.74) is 1.48. The van der Waals surface area contributed by atoms with Crippen LogP contribution >= 0.6 is 15.9 Å². The maximum Gasteiger partial charge on any atom is 0.287 e. The number of rotatable bonds is 4. The minimum Gasteiger partial charge on any atom is -0.451 e. The van der Waals surface area contributed by atoms with E-state index in [1.165, 1.54) is 0 Å². The second kappa shape index (κ2) is 5.97. The summed E-state index contributed by atoms with van der Waals surface area (Å²) in [6, 6.07) is 5.62. The van der Waals surface area contributed by atoms with Gasteiger partial charge in [0.15, 0.2) is 5.76 Å². The molecule has 1 aromatic carbocycles. The summed E-state index contributed by atoms with van der Waals surface area (Å²) < 4.78 is 6.53. The molecule has 5 heteroatoms. The van der Waals surface area contributed by atoms with Crippen molar-refractivity contribution >= 4 is 32.8 Å². The molecule has 1 unspecified atom stereocenters. The highest BCUT2D eigenvalue weighted by Gasteiger charge is 2.19. The minimum atomic E-state index is -0.558. The van der Waals surface area contributed by atoms with Crippen molar-refractivity contribution in [3.63, 3.8) is 0 Å². The van der Waals surface area contributed by atoms with E-state index >= 15 is 0 Å². The third-order valence-electron chi connectivity index (χ3n) is 3.35. The fourth-order valence-corrected chi connectivity index (χ4v) is 2.28. The Morgan fingerprint density at radius 1 is 1.45 bits per heavy atom. The quantitative estimate of drug-likeness (QED) is 0.898. The van der Waals surface area contributed by atoms with E-state index in [0.717, 1.165) is 15.4 Å². The summed E-state index contributed by atoms with van der Waals surface area (Å²) in [7, 11) is 0. The van der Waals surface area contributed by atoms with E-state index in [1.54, 1.807) is 0 Å². The highest BCUT2D eigenvalue weighted by Crippen LogP contribution is 2.27. The Hall–Kier alpha value is -1.33. The van der Waals surface area contributed by atoms with E-state index < -0.39 is 6.10 Å². The number of hydrogen-bond acceptors (Lipinski definition) is 3. The number of aliphatic hydroxyl groups excluding tert-OH is 1. The summed E-state index contributed by atoms with van der Waals surface area (Å²) >= 11 is 3.40. The molecule has 108 valence electrons. The SMILES string of the molecule is Cc1c(C(=O)NCC(O)C(C)C)oc2ccc(Br)cc12. The number of carbonyl (C=O) groups excluding carboxylic acids is 1. The number of carbonyl (C=O) groups is 1. The van der Waals surface area contributed by atoms with Gasteiger partial charge in [-0.1, -0.05) is 29.8 Å². The highest BCUT2D eigenvalue weighted by molar-refractivity contribution is 9.10. The van der Waals surface area contributed by atoms with E-state index in [-0.39, 0.29) is 18.4 Å². The van der Waals surface area contributed by atoms with Crippen LogP contribution < -0.4 is 5.32 Å². The number of aryl methyl sites for hydroxylation is 1. The summed E-state index contributed by atoms with van der Waals surface area (Å²) in [5.74, 6) is 0.103. The molecule has 1 atom stereocenters. The molecular formula is C15H18BrNO3. The monoisotopic (exact) mass is 339 g/mol.